The van der Waals surface area contributed by atoms with Gasteiger partial charge < -0.3 is 15.5 Å². The number of carbonyl (C=O) groups excluding carboxylic acids is 1. The first kappa shape index (κ1) is 15.3. The van der Waals surface area contributed by atoms with Crippen molar-refractivity contribution >= 4 is 28.2 Å². The molecule has 1 saturated heterocycles. The van der Waals surface area contributed by atoms with Gasteiger partial charge in [0.15, 0.2) is 5.13 Å². The van der Waals surface area contributed by atoms with E-state index >= 15 is 0 Å². The smallest absolute Gasteiger partial charge is 0.321 e. The minimum Gasteiger partial charge on any atom is -0.359 e. The van der Waals surface area contributed by atoms with Gasteiger partial charge in [-0.15, -0.1) is 11.3 Å². The van der Waals surface area contributed by atoms with Crippen LogP contribution in [0.4, 0.5) is 15.6 Å². The molecule has 2 N–H and O–H groups in total. The van der Waals surface area contributed by atoms with Crippen LogP contribution in [0.3, 0.4) is 0 Å². The molecule has 8 heteroatoms. The Hall–Kier alpha value is -2.22. The molecule has 2 amide bonds. The molecule has 24 heavy (non-hydrogen) atoms. The highest BCUT2D eigenvalue weighted by Crippen LogP contribution is 2.37. The zero-order chi connectivity index (χ0) is 16.4. The fourth-order valence-corrected chi connectivity index (χ4v) is 3.46. The van der Waals surface area contributed by atoms with E-state index in [9.17, 15) is 4.79 Å². The van der Waals surface area contributed by atoms with E-state index in [1.807, 2.05) is 10.3 Å². The molecule has 2 aromatic rings. The van der Waals surface area contributed by atoms with Crippen molar-refractivity contribution in [3.8, 4) is 0 Å². The van der Waals surface area contributed by atoms with E-state index in [0.717, 1.165) is 36.9 Å². The summed E-state index contributed by atoms with van der Waals surface area (Å²) in [4.78, 5) is 27.1. The summed E-state index contributed by atoms with van der Waals surface area (Å²) in [5, 5.41) is 9.22. The number of hydrogen-bond donors (Lipinski definition) is 2. The van der Waals surface area contributed by atoms with Gasteiger partial charge >= 0.3 is 6.03 Å². The molecule has 0 atom stereocenters. The largest absolute Gasteiger partial charge is 0.359 e. The zero-order valence-corrected chi connectivity index (χ0v) is 14.1. The van der Waals surface area contributed by atoms with Gasteiger partial charge in [0.1, 0.15) is 5.82 Å². The maximum atomic E-state index is 12.4. The molecule has 7 nitrogen and oxygen atoms in total. The van der Waals surface area contributed by atoms with E-state index in [4.69, 9.17) is 0 Å². The van der Waals surface area contributed by atoms with Crippen LogP contribution in [0.5, 0.6) is 0 Å². The topological polar surface area (TPSA) is 83.0 Å². The SMILES string of the molecule is O=C(Nc1cnc(C2CC2)nc1)N1CCC(Nc2nccs2)CC1. The van der Waals surface area contributed by atoms with E-state index in [1.165, 1.54) is 12.8 Å². The Labute approximate surface area is 144 Å². The van der Waals surface area contributed by atoms with Gasteiger partial charge in [-0.05, 0) is 25.7 Å². The molecule has 0 bridgehead atoms. The van der Waals surface area contributed by atoms with E-state index in [-0.39, 0.29) is 6.03 Å². The third-order valence-electron chi connectivity index (χ3n) is 4.41. The zero-order valence-electron chi connectivity index (χ0n) is 13.3. The molecular formula is C16H20N6OS. The predicted molar refractivity (Wildman–Crippen MR) is 93.4 cm³/mol. The van der Waals surface area contributed by atoms with Gasteiger partial charge in [0, 0.05) is 36.6 Å². The number of likely N-dealkylation sites (tertiary alicyclic amines) is 1. The van der Waals surface area contributed by atoms with Crippen LogP contribution >= 0.6 is 11.3 Å². The highest BCUT2D eigenvalue weighted by molar-refractivity contribution is 7.13. The molecule has 0 radical (unpaired) electrons. The first-order valence-corrected chi connectivity index (χ1v) is 9.20. The minimum absolute atomic E-state index is 0.0783. The minimum atomic E-state index is -0.0783. The summed E-state index contributed by atoms with van der Waals surface area (Å²) in [6.45, 7) is 1.46. The van der Waals surface area contributed by atoms with E-state index in [1.54, 1.807) is 29.9 Å². The fourth-order valence-electron chi connectivity index (χ4n) is 2.85. The molecule has 4 rings (SSSR count). The molecule has 1 aliphatic carbocycles. The van der Waals surface area contributed by atoms with Crippen LogP contribution < -0.4 is 10.6 Å². The number of nitrogens with one attached hydrogen (secondary N) is 2. The highest BCUT2D eigenvalue weighted by atomic mass is 32.1. The summed E-state index contributed by atoms with van der Waals surface area (Å²) in [5.74, 6) is 1.42. The lowest BCUT2D eigenvalue weighted by molar-refractivity contribution is 0.197. The normalized spacial score (nSPS) is 18.4. The van der Waals surface area contributed by atoms with Crippen LogP contribution in [0.2, 0.25) is 0 Å². The molecule has 3 heterocycles. The van der Waals surface area contributed by atoms with Crippen molar-refractivity contribution in [2.45, 2.75) is 37.6 Å². The van der Waals surface area contributed by atoms with Crippen molar-refractivity contribution in [3.05, 3.63) is 29.8 Å². The number of amides is 2. The van der Waals surface area contributed by atoms with E-state index < -0.39 is 0 Å². The van der Waals surface area contributed by atoms with Gasteiger partial charge in [-0.2, -0.15) is 0 Å². The van der Waals surface area contributed by atoms with Crippen LogP contribution in [0.25, 0.3) is 0 Å². The Balaban J connectivity index is 1.26. The standard InChI is InChI=1S/C16H20N6OS/c23-16(21-13-9-18-14(19-10-13)11-1-2-11)22-6-3-12(4-7-22)20-15-17-5-8-24-15/h5,8-12H,1-4,6-7H2,(H,17,20)(H,21,23). The number of hydrogen-bond acceptors (Lipinski definition) is 6. The number of rotatable bonds is 4. The van der Waals surface area contributed by atoms with Crippen LogP contribution in [-0.4, -0.2) is 45.0 Å². The summed E-state index contributed by atoms with van der Waals surface area (Å²) in [5.41, 5.74) is 0.660. The number of nitrogens with zero attached hydrogens (tertiary/aromatic N) is 4. The molecule has 0 aromatic carbocycles. The Bertz CT molecular complexity index is 677. The molecule has 0 spiro atoms. The Morgan fingerprint density at radius 3 is 2.50 bits per heavy atom. The molecule has 0 unspecified atom stereocenters. The van der Waals surface area contributed by atoms with Crippen molar-refractivity contribution in [1.82, 2.24) is 19.9 Å². The van der Waals surface area contributed by atoms with Crippen molar-refractivity contribution in [2.24, 2.45) is 0 Å². The number of thiazole rings is 1. The van der Waals surface area contributed by atoms with Gasteiger partial charge in [0.05, 0.1) is 18.1 Å². The first-order valence-electron chi connectivity index (χ1n) is 8.32. The van der Waals surface area contributed by atoms with Gasteiger partial charge in [0.25, 0.3) is 0 Å². The van der Waals surface area contributed by atoms with Gasteiger partial charge in [-0.3, -0.25) is 0 Å². The fraction of sp³-hybridized carbons (Fsp3) is 0.500. The average molecular weight is 344 g/mol. The summed E-state index contributed by atoms with van der Waals surface area (Å²) in [6.07, 6.45) is 9.40. The second kappa shape index (κ2) is 6.72. The second-order valence-electron chi connectivity index (χ2n) is 6.28. The highest BCUT2D eigenvalue weighted by Gasteiger charge is 2.26. The Morgan fingerprint density at radius 2 is 1.88 bits per heavy atom. The molecule has 126 valence electrons. The lowest BCUT2D eigenvalue weighted by Crippen LogP contribution is -2.44. The van der Waals surface area contributed by atoms with Gasteiger partial charge in [-0.1, -0.05) is 0 Å². The number of urea groups is 1. The van der Waals surface area contributed by atoms with Crippen LogP contribution in [-0.2, 0) is 0 Å². The summed E-state index contributed by atoms with van der Waals surface area (Å²) < 4.78 is 0. The molecular weight excluding hydrogens is 324 g/mol. The third kappa shape index (κ3) is 3.64. The van der Waals surface area contributed by atoms with Crippen LogP contribution in [0.1, 0.15) is 37.4 Å². The van der Waals surface area contributed by atoms with Crippen molar-refractivity contribution in [1.29, 1.82) is 0 Å². The summed E-state index contributed by atoms with van der Waals surface area (Å²) in [6, 6.07) is 0.298. The number of anilines is 2. The molecule has 2 aromatic heterocycles. The lowest BCUT2D eigenvalue weighted by Gasteiger charge is -2.32. The van der Waals surface area contributed by atoms with Crippen molar-refractivity contribution in [3.63, 3.8) is 0 Å². The molecule has 2 fully saturated rings. The number of piperidine rings is 1. The Kier molecular flexibility index (Phi) is 4.29. The predicted octanol–water partition coefficient (Wildman–Crippen LogP) is 2.92. The first-order chi connectivity index (χ1) is 11.8. The maximum absolute atomic E-state index is 12.4. The quantitative estimate of drug-likeness (QED) is 0.891. The van der Waals surface area contributed by atoms with Gasteiger partial charge in [0.2, 0.25) is 0 Å². The van der Waals surface area contributed by atoms with Crippen LogP contribution in [0, 0.1) is 0 Å². The maximum Gasteiger partial charge on any atom is 0.321 e. The van der Waals surface area contributed by atoms with Crippen molar-refractivity contribution in [2.75, 3.05) is 23.7 Å². The summed E-state index contributed by atoms with van der Waals surface area (Å²) in [7, 11) is 0. The average Bonchev–Trinajstić information content (AvgIpc) is 3.34. The number of aromatic nitrogens is 3. The molecule has 2 aliphatic rings. The summed E-state index contributed by atoms with van der Waals surface area (Å²) >= 11 is 1.60. The number of carbonyl (C=O) groups is 1. The van der Waals surface area contributed by atoms with Crippen molar-refractivity contribution < 1.29 is 4.79 Å². The molecule has 1 aliphatic heterocycles. The van der Waals surface area contributed by atoms with Crippen LogP contribution in [0.15, 0.2) is 24.0 Å². The van der Waals surface area contributed by atoms with E-state index in [2.05, 4.69) is 25.6 Å². The third-order valence-corrected chi connectivity index (χ3v) is 5.11. The lowest BCUT2D eigenvalue weighted by atomic mass is 10.1. The Morgan fingerprint density at radius 1 is 1.12 bits per heavy atom. The monoisotopic (exact) mass is 344 g/mol. The van der Waals surface area contributed by atoms with Gasteiger partial charge in [-0.25, -0.2) is 19.7 Å². The second-order valence-corrected chi connectivity index (χ2v) is 7.17. The molecule has 1 saturated carbocycles. The van der Waals surface area contributed by atoms with E-state index in [0.29, 0.717) is 17.6 Å².